The summed E-state index contributed by atoms with van der Waals surface area (Å²) in [6.07, 6.45) is 9.46. The standard InChI is InChI=1S/C23H25N5O3/c24-9-16-2-5-21(26-10-16)28-18-3-4-19(28)14-27(13-18)22(30)15-31-23(6-1-7-23)17-8-20(29)12-25-11-17/h2,5,8,10-12,18-19,29H,1,3-4,6-7,13-15H2/t18-,19?/m0/s1. The van der Waals surface area contributed by atoms with Gasteiger partial charge in [0.1, 0.15) is 24.2 Å². The maximum Gasteiger partial charge on any atom is 0.248 e. The van der Waals surface area contributed by atoms with E-state index in [1.165, 1.54) is 6.20 Å². The Morgan fingerprint density at radius 2 is 2.00 bits per heavy atom. The van der Waals surface area contributed by atoms with Crippen molar-refractivity contribution in [3.05, 3.63) is 47.9 Å². The number of aromatic hydroxyl groups is 1. The molecular formula is C23H25N5O3. The number of nitrogens with zero attached hydrogens (tertiary/aromatic N) is 5. The number of rotatable bonds is 5. The van der Waals surface area contributed by atoms with Crippen LogP contribution in [0, 0.1) is 11.3 Å². The minimum atomic E-state index is -0.519. The van der Waals surface area contributed by atoms with Gasteiger partial charge in [-0.2, -0.15) is 5.26 Å². The highest BCUT2D eigenvalue weighted by molar-refractivity contribution is 5.78. The zero-order chi connectivity index (χ0) is 21.4. The monoisotopic (exact) mass is 419 g/mol. The van der Waals surface area contributed by atoms with Gasteiger partial charge in [-0.25, -0.2) is 4.98 Å². The van der Waals surface area contributed by atoms with Crippen LogP contribution in [0.5, 0.6) is 5.75 Å². The Kier molecular flexibility index (Phi) is 4.98. The second kappa shape index (κ2) is 7.82. The quantitative estimate of drug-likeness (QED) is 0.793. The number of anilines is 1. The Balaban J connectivity index is 1.23. The number of aromatic nitrogens is 2. The Morgan fingerprint density at radius 1 is 1.23 bits per heavy atom. The molecule has 1 unspecified atom stereocenters. The fraction of sp³-hybridized carbons (Fsp3) is 0.478. The number of ether oxygens (including phenoxy) is 1. The van der Waals surface area contributed by atoms with Crippen molar-refractivity contribution >= 4 is 11.7 Å². The van der Waals surface area contributed by atoms with Gasteiger partial charge in [0.05, 0.1) is 17.4 Å². The SMILES string of the molecule is N#Cc1ccc(N2C3CC[C@H]2CN(C(=O)COC2(c4cncc(O)c4)CCC2)C3)nc1. The first-order chi connectivity index (χ1) is 15.1. The lowest BCUT2D eigenvalue weighted by atomic mass is 9.75. The van der Waals surface area contributed by atoms with E-state index in [4.69, 9.17) is 10.00 Å². The molecule has 2 aromatic rings. The highest BCUT2D eigenvalue weighted by Gasteiger charge is 2.44. The highest BCUT2D eigenvalue weighted by Crippen LogP contribution is 2.45. The molecule has 0 aromatic carbocycles. The van der Waals surface area contributed by atoms with Crippen molar-refractivity contribution in [3.63, 3.8) is 0 Å². The summed E-state index contributed by atoms with van der Waals surface area (Å²) >= 11 is 0. The van der Waals surface area contributed by atoms with Crippen LogP contribution in [0.4, 0.5) is 5.82 Å². The van der Waals surface area contributed by atoms with Crippen molar-refractivity contribution in [3.8, 4) is 11.8 Å². The van der Waals surface area contributed by atoms with E-state index in [1.807, 2.05) is 11.0 Å². The van der Waals surface area contributed by atoms with Crippen LogP contribution in [-0.4, -0.2) is 57.7 Å². The molecule has 2 bridgehead atoms. The van der Waals surface area contributed by atoms with Gasteiger partial charge in [-0.15, -0.1) is 0 Å². The van der Waals surface area contributed by atoms with Gasteiger partial charge in [0.25, 0.3) is 0 Å². The molecule has 5 rings (SSSR count). The highest BCUT2D eigenvalue weighted by atomic mass is 16.5. The molecular weight excluding hydrogens is 394 g/mol. The van der Waals surface area contributed by atoms with Gasteiger partial charge in [-0.3, -0.25) is 9.78 Å². The molecule has 2 aromatic heterocycles. The minimum absolute atomic E-state index is 0.00345. The largest absolute Gasteiger partial charge is 0.506 e. The number of nitriles is 1. The van der Waals surface area contributed by atoms with E-state index < -0.39 is 5.60 Å². The zero-order valence-electron chi connectivity index (χ0n) is 17.3. The third kappa shape index (κ3) is 3.59. The summed E-state index contributed by atoms with van der Waals surface area (Å²) < 4.78 is 6.15. The van der Waals surface area contributed by atoms with Crippen LogP contribution in [-0.2, 0) is 15.1 Å². The van der Waals surface area contributed by atoms with Crippen molar-refractivity contribution in [2.24, 2.45) is 0 Å². The van der Waals surface area contributed by atoms with Gasteiger partial charge in [0.15, 0.2) is 0 Å². The van der Waals surface area contributed by atoms with Crippen LogP contribution in [0.2, 0.25) is 0 Å². The summed E-state index contributed by atoms with van der Waals surface area (Å²) in [5, 5.41) is 18.8. The van der Waals surface area contributed by atoms with E-state index in [0.29, 0.717) is 18.7 Å². The average Bonchev–Trinajstić information content (AvgIpc) is 3.02. The third-order valence-corrected chi connectivity index (χ3v) is 6.86. The predicted octanol–water partition coefficient (Wildman–Crippen LogP) is 2.33. The van der Waals surface area contributed by atoms with Crippen LogP contribution in [0.15, 0.2) is 36.8 Å². The van der Waals surface area contributed by atoms with Crippen molar-refractivity contribution in [2.45, 2.75) is 49.8 Å². The average molecular weight is 419 g/mol. The molecule has 3 fully saturated rings. The molecule has 31 heavy (non-hydrogen) atoms. The Morgan fingerprint density at radius 3 is 2.58 bits per heavy atom. The van der Waals surface area contributed by atoms with Gasteiger partial charge in [0, 0.05) is 43.1 Å². The van der Waals surface area contributed by atoms with E-state index in [0.717, 1.165) is 43.5 Å². The van der Waals surface area contributed by atoms with Crippen LogP contribution in [0.3, 0.4) is 0 Å². The van der Waals surface area contributed by atoms with Crippen LogP contribution < -0.4 is 4.90 Å². The fourth-order valence-electron chi connectivity index (χ4n) is 5.07. The third-order valence-electron chi connectivity index (χ3n) is 6.86. The second-order valence-electron chi connectivity index (χ2n) is 8.68. The fourth-order valence-corrected chi connectivity index (χ4v) is 5.07. The van der Waals surface area contributed by atoms with Crippen molar-refractivity contribution in [1.29, 1.82) is 5.26 Å². The molecule has 4 heterocycles. The molecule has 8 nitrogen and oxygen atoms in total. The number of hydrogen-bond donors (Lipinski definition) is 1. The van der Waals surface area contributed by atoms with Gasteiger partial charge in [0.2, 0.25) is 5.91 Å². The van der Waals surface area contributed by atoms with E-state index in [1.54, 1.807) is 24.5 Å². The number of hydrogen-bond acceptors (Lipinski definition) is 7. The number of carbonyl (C=O) groups is 1. The molecule has 160 valence electrons. The minimum Gasteiger partial charge on any atom is -0.506 e. The first-order valence-corrected chi connectivity index (χ1v) is 10.8. The smallest absolute Gasteiger partial charge is 0.248 e. The van der Waals surface area contributed by atoms with Gasteiger partial charge in [-0.1, -0.05) is 0 Å². The number of likely N-dealkylation sites (tertiary alicyclic amines) is 1. The number of carbonyl (C=O) groups excluding carboxylic acids is 1. The van der Waals surface area contributed by atoms with E-state index >= 15 is 0 Å². The molecule has 2 atom stereocenters. The molecule has 3 aliphatic rings. The first kappa shape index (κ1) is 19.8. The summed E-state index contributed by atoms with van der Waals surface area (Å²) in [5.41, 5.74) is 0.867. The maximum absolute atomic E-state index is 13.0. The van der Waals surface area contributed by atoms with Crippen LogP contribution in [0.25, 0.3) is 0 Å². The summed E-state index contributed by atoms with van der Waals surface area (Å²) in [6, 6.07) is 7.94. The Bertz CT molecular complexity index is 1000. The zero-order valence-corrected chi connectivity index (χ0v) is 17.3. The second-order valence-corrected chi connectivity index (χ2v) is 8.68. The molecule has 1 saturated carbocycles. The normalized spacial score (nSPS) is 23.8. The number of amides is 1. The summed E-state index contributed by atoms with van der Waals surface area (Å²) in [4.78, 5) is 25.7. The van der Waals surface area contributed by atoms with Crippen LogP contribution >= 0.6 is 0 Å². The lowest BCUT2D eigenvalue weighted by Gasteiger charge is -2.44. The van der Waals surface area contributed by atoms with Crippen molar-refractivity contribution in [2.75, 3.05) is 24.6 Å². The van der Waals surface area contributed by atoms with Crippen LogP contribution in [0.1, 0.15) is 43.2 Å². The summed E-state index contributed by atoms with van der Waals surface area (Å²) in [7, 11) is 0. The topological polar surface area (TPSA) is 103 Å². The molecule has 1 N–H and O–H groups in total. The number of fused-ring (bicyclic) bond motifs is 2. The van der Waals surface area contributed by atoms with Gasteiger partial charge >= 0.3 is 0 Å². The molecule has 0 spiro atoms. The molecule has 2 saturated heterocycles. The van der Waals surface area contributed by atoms with Crippen molar-refractivity contribution < 1.29 is 14.6 Å². The molecule has 2 aliphatic heterocycles. The number of pyridine rings is 2. The molecule has 1 amide bonds. The van der Waals surface area contributed by atoms with Gasteiger partial charge in [-0.05, 0) is 50.3 Å². The van der Waals surface area contributed by atoms with E-state index in [-0.39, 0.29) is 30.3 Å². The number of piperazine rings is 1. The van der Waals surface area contributed by atoms with Crippen molar-refractivity contribution in [1.82, 2.24) is 14.9 Å². The predicted molar refractivity (Wildman–Crippen MR) is 112 cm³/mol. The van der Waals surface area contributed by atoms with E-state index in [9.17, 15) is 9.90 Å². The lowest BCUT2D eigenvalue weighted by Crippen LogP contribution is -2.56. The summed E-state index contributed by atoms with van der Waals surface area (Å²) in [6.45, 7) is 1.34. The van der Waals surface area contributed by atoms with Gasteiger partial charge < -0.3 is 19.6 Å². The Hall–Kier alpha value is -3.18. The first-order valence-electron chi connectivity index (χ1n) is 10.8. The lowest BCUT2D eigenvalue weighted by molar-refractivity contribution is -0.154. The molecule has 0 radical (unpaired) electrons. The molecule has 8 heteroatoms. The summed E-state index contributed by atoms with van der Waals surface area (Å²) in [5.74, 6) is 0.992. The molecule has 1 aliphatic carbocycles. The maximum atomic E-state index is 13.0. The Labute approximate surface area is 181 Å². The van der Waals surface area contributed by atoms with E-state index in [2.05, 4.69) is 20.9 Å².